The zero-order valence-electron chi connectivity index (χ0n) is 6.10. The van der Waals surface area contributed by atoms with Crippen LogP contribution in [-0.4, -0.2) is 24.4 Å². The third-order valence-electron chi connectivity index (χ3n) is 1.22. The molecule has 0 bridgehead atoms. The molecule has 12 heavy (non-hydrogen) atoms. The molecule has 0 N–H and O–H groups in total. The molecule has 0 saturated heterocycles. The van der Waals surface area contributed by atoms with E-state index >= 15 is 0 Å². The minimum absolute atomic E-state index is 0.748. The van der Waals surface area contributed by atoms with Crippen molar-refractivity contribution in [3.05, 3.63) is 10.0 Å². The molecule has 5 nitrogen and oxygen atoms in total. The number of aryl methyl sites for hydroxylation is 1. The van der Waals surface area contributed by atoms with Crippen LogP contribution in [-0.2, 0) is 7.05 Å². The van der Waals surface area contributed by atoms with Gasteiger partial charge < -0.3 is 0 Å². The van der Waals surface area contributed by atoms with E-state index in [1.54, 1.807) is 4.68 Å². The quantitative estimate of drug-likeness (QED) is 0.734. The van der Waals surface area contributed by atoms with Gasteiger partial charge >= 0.3 is 0 Å². The third-order valence-corrected chi connectivity index (χ3v) is 2.77. The topological polar surface area (TPSA) is 56.5 Å². The summed E-state index contributed by atoms with van der Waals surface area (Å²) in [5, 5.41) is 8.53. The summed E-state index contributed by atoms with van der Waals surface area (Å²) in [4.78, 5) is 4.17. The first-order chi connectivity index (χ1) is 5.75. The molecule has 0 fully saturated rings. The number of hydrogen-bond donors (Lipinski definition) is 0. The average Bonchev–Trinajstić information content (AvgIpc) is 2.58. The maximum absolute atomic E-state index is 4.17. The highest BCUT2D eigenvalue weighted by atomic mass is 127. The standard InChI is InChI=1S/C5H4IN5S/c1-11-2-3(8-10-11)4-7-5(6)9-12-4/h2H,1H3. The van der Waals surface area contributed by atoms with E-state index in [4.69, 9.17) is 0 Å². The lowest BCUT2D eigenvalue weighted by Gasteiger charge is -1.80. The molecule has 2 rings (SSSR count). The molecule has 0 atom stereocenters. The molecule has 2 aromatic rings. The Hall–Kier alpha value is -0.570. The van der Waals surface area contributed by atoms with Gasteiger partial charge in [-0.1, -0.05) is 5.21 Å². The average molecular weight is 293 g/mol. The van der Waals surface area contributed by atoms with Crippen molar-refractivity contribution in [2.75, 3.05) is 0 Å². The van der Waals surface area contributed by atoms with Gasteiger partial charge in [-0.25, -0.2) is 4.98 Å². The number of nitrogens with zero attached hydrogens (tertiary/aromatic N) is 5. The van der Waals surface area contributed by atoms with Gasteiger partial charge in [-0.2, -0.15) is 4.37 Å². The summed E-state index contributed by atoms with van der Waals surface area (Å²) >= 11 is 3.40. The lowest BCUT2D eigenvalue weighted by Crippen LogP contribution is -1.85. The van der Waals surface area contributed by atoms with Crippen LogP contribution in [0.4, 0.5) is 0 Å². The summed E-state index contributed by atoms with van der Waals surface area (Å²) in [7, 11) is 1.82. The highest BCUT2D eigenvalue weighted by molar-refractivity contribution is 14.1. The molecule has 2 heterocycles. The van der Waals surface area contributed by atoms with Gasteiger partial charge in [0.05, 0.1) is 6.20 Å². The van der Waals surface area contributed by atoms with Crippen LogP contribution in [0, 0.1) is 3.83 Å². The van der Waals surface area contributed by atoms with Gasteiger partial charge in [-0.3, -0.25) is 4.68 Å². The molecule has 0 unspecified atom stereocenters. The third kappa shape index (κ3) is 1.46. The van der Waals surface area contributed by atoms with E-state index < -0.39 is 0 Å². The minimum atomic E-state index is 0.748. The Kier molecular flexibility index (Phi) is 2.05. The predicted octanol–water partition coefficient (Wildman–Crippen LogP) is 0.938. The Morgan fingerprint density at radius 2 is 2.42 bits per heavy atom. The fraction of sp³-hybridized carbons (Fsp3) is 0.200. The van der Waals surface area contributed by atoms with Crippen LogP contribution in [0.2, 0.25) is 0 Å². The summed E-state index contributed by atoms with van der Waals surface area (Å²) in [6.07, 6.45) is 1.82. The van der Waals surface area contributed by atoms with Crippen molar-refractivity contribution in [3.63, 3.8) is 0 Å². The van der Waals surface area contributed by atoms with Crippen molar-refractivity contribution < 1.29 is 0 Å². The van der Waals surface area contributed by atoms with Crippen LogP contribution < -0.4 is 0 Å². The van der Waals surface area contributed by atoms with Gasteiger partial charge in [-0.05, 0) is 11.5 Å². The molecule has 0 aliphatic carbocycles. The number of halogens is 1. The van der Waals surface area contributed by atoms with Crippen LogP contribution in [0.3, 0.4) is 0 Å². The molecule has 0 amide bonds. The van der Waals surface area contributed by atoms with Gasteiger partial charge in [0.2, 0.25) is 3.83 Å². The van der Waals surface area contributed by atoms with E-state index in [9.17, 15) is 0 Å². The minimum Gasteiger partial charge on any atom is -0.255 e. The molecular formula is C5H4IN5S. The van der Waals surface area contributed by atoms with E-state index in [0.717, 1.165) is 14.5 Å². The maximum Gasteiger partial charge on any atom is 0.203 e. The molecule has 62 valence electrons. The SMILES string of the molecule is Cn1cc(-c2nc(I)ns2)nn1. The molecule has 0 saturated carbocycles. The first-order valence-electron chi connectivity index (χ1n) is 3.11. The molecular weight excluding hydrogens is 289 g/mol. The van der Waals surface area contributed by atoms with E-state index in [1.165, 1.54) is 11.5 Å². The van der Waals surface area contributed by atoms with Crippen molar-refractivity contribution in [2.24, 2.45) is 7.05 Å². The fourth-order valence-corrected chi connectivity index (χ4v) is 1.97. The highest BCUT2D eigenvalue weighted by Crippen LogP contribution is 2.18. The molecule has 0 radical (unpaired) electrons. The van der Waals surface area contributed by atoms with Gasteiger partial charge in [0.1, 0.15) is 5.69 Å². The Balaban J connectivity index is 2.43. The van der Waals surface area contributed by atoms with Crippen molar-refractivity contribution in [3.8, 4) is 10.7 Å². The Morgan fingerprint density at radius 1 is 1.58 bits per heavy atom. The number of hydrogen-bond acceptors (Lipinski definition) is 5. The lowest BCUT2D eigenvalue weighted by atomic mass is 10.5. The lowest BCUT2D eigenvalue weighted by molar-refractivity contribution is 0.715. The van der Waals surface area contributed by atoms with Crippen LogP contribution in [0.15, 0.2) is 6.20 Å². The largest absolute Gasteiger partial charge is 0.255 e. The van der Waals surface area contributed by atoms with Crippen LogP contribution in [0.1, 0.15) is 0 Å². The summed E-state index contributed by atoms with van der Waals surface area (Å²) in [6.45, 7) is 0. The number of rotatable bonds is 1. The monoisotopic (exact) mass is 293 g/mol. The molecule has 0 spiro atoms. The second-order valence-corrected chi connectivity index (χ2v) is 3.86. The van der Waals surface area contributed by atoms with E-state index in [0.29, 0.717) is 0 Å². The smallest absolute Gasteiger partial charge is 0.203 e. The summed E-state index contributed by atoms with van der Waals surface area (Å²) in [5.74, 6) is 0. The first kappa shape index (κ1) is 8.05. The Bertz CT molecular complexity index is 356. The normalized spacial score (nSPS) is 10.5. The van der Waals surface area contributed by atoms with Gasteiger partial charge in [-0.15, -0.1) is 5.10 Å². The van der Waals surface area contributed by atoms with Crippen molar-refractivity contribution >= 4 is 34.1 Å². The summed E-state index contributed by atoms with van der Waals surface area (Å²) in [5.41, 5.74) is 0.776. The van der Waals surface area contributed by atoms with Gasteiger partial charge in [0, 0.05) is 29.6 Å². The summed E-state index contributed by atoms with van der Waals surface area (Å²) in [6, 6.07) is 0. The molecule has 0 aliphatic heterocycles. The zero-order valence-corrected chi connectivity index (χ0v) is 9.07. The summed E-state index contributed by atoms with van der Waals surface area (Å²) < 4.78 is 6.43. The van der Waals surface area contributed by atoms with Crippen LogP contribution >= 0.6 is 34.1 Å². The molecule has 0 aliphatic rings. The zero-order chi connectivity index (χ0) is 8.55. The van der Waals surface area contributed by atoms with Gasteiger partial charge in [0.25, 0.3) is 0 Å². The van der Waals surface area contributed by atoms with Crippen molar-refractivity contribution in [1.29, 1.82) is 0 Å². The molecule has 0 aromatic carbocycles. The maximum atomic E-state index is 4.17. The number of aromatic nitrogens is 5. The van der Waals surface area contributed by atoms with Crippen molar-refractivity contribution in [1.82, 2.24) is 24.4 Å². The second-order valence-electron chi connectivity index (χ2n) is 2.15. The van der Waals surface area contributed by atoms with Crippen LogP contribution in [0.5, 0.6) is 0 Å². The molecule has 7 heteroatoms. The first-order valence-corrected chi connectivity index (χ1v) is 4.97. The van der Waals surface area contributed by atoms with E-state index in [1.807, 2.05) is 13.2 Å². The van der Waals surface area contributed by atoms with Gasteiger partial charge in [0.15, 0.2) is 5.01 Å². The Morgan fingerprint density at radius 3 is 2.92 bits per heavy atom. The van der Waals surface area contributed by atoms with E-state index in [2.05, 4.69) is 42.3 Å². The Labute approximate surface area is 86.1 Å². The van der Waals surface area contributed by atoms with Crippen molar-refractivity contribution in [2.45, 2.75) is 0 Å². The van der Waals surface area contributed by atoms with Crippen LogP contribution in [0.25, 0.3) is 10.7 Å². The predicted molar refractivity (Wildman–Crippen MR) is 52.6 cm³/mol. The highest BCUT2D eigenvalue weighted by Gasteiger charge is 2.07. The molecule has 2 aromatic heterocycles. The second kappa shape index (κ2) is 3.05. The van der Waals surface area contributed by atoms with E-state index in [-0.39, 0.29) is 0 Å². The fourth-order valence-electron chi connectivity index (χ4n) is 0.755.